The molecule has 34 heavy (non-hydrogen) atoms. The van der Waals surface area contributed by atoms with Crippen molar-refractivity contribution in [3.8, 4) is 16.9 Å². The number of nitrogen functional groups attached to an aromatic ring is 1. The minimum absolute atomic E-state index is 0.0809. The molecular formula is C26H24N6O2. The van der Waals surface area contributed by atoms with Gasteiger partial charge in [0.1, 0.15) is 18.2 Å². The molecule has 3 aromatic heterocycles. The largest absolute Gasteiger partial charge is 0.491 e. The number of aromatic nitrogens is 4. The van der Waals surface area contributed by atoms with E-state index in [1.807, 2.05) is 50.1 Å². The number of anilines is 1. The number of fused-ring (bicyclic) bond motifs is 4. The van der Waals surface area contributed by atoms with Crippen molar-refractivity contribution in [1.29, 1.82) is 0 Å². The van der Waals surface area contributed by atoms with Crippen LogP contribution in [0, 0.1) is 0 Å². The van der Waals surface area contributed by atoms with Crippen LogP contribution in [0.2, 0.25) is 0 Å². The van der Waals surface area contributed by atoms with Gasteiger partial charge in [-0.3, -0.25) is 9.48 Å². The molecule has 0 bridgehead atoms. The highest BCUT2D eigenvalue weighted by Crippen LogP contribution is 2.39. The van der Waals surface area contributed by atoms with Crippen molar-refractivity contribution < 1.29 is 9.53 Å². The van der Waals surface area contributed by atoms with Crippen LogP contribution in [0.25, 0.3) is 32.9 Å². The van der Waals surface area contributed by atoms with Gasteiger partial charge >= 0.3 is 0 Å². The predicted octanol–water partition coefficient (Wildman–Crippen LogP) is 3.91. The Bertz CT molecular complexity index is 1600. The summed E-state index contributed by atoms with van der Waals surface area (Å²) >= 11 is 0. The molecular weight excluding hydrogens is 428 g/mol. The van der Waals surface area contributed by atoms with Gasteiger partial charge in [0.25, 0.3) is 5.91 Å². The Morgan fingerprint density at radius 2 is 1.97 bits per heavy atom. The molecule has 1 atom stereocenters. The molecule has 170 valence electrons. The predicted molar refractivity (Wildman–Crippen MR) is 132 cm³/mol. The third-order valence-corrected chi connectivity index (χ3v) is 6.68. The first-order chi connectivity index (χ1) is 16.4. The fourth-order valence-electron chi connectivity index (χ4n) is 4.80. The maximum atomic E-state index is 13.5. The van der Waals surface area contributed by atoms with E-state index in [0.717, 1.165) is 44.2 Å². The van der Waals surface area contributed by atoms with Crippen LogP contribution in [0.15, 0.2) is 61.1 Å². The topological polar surface area (TPSA) is 91.2 Å². The van der Waals surface area contributed by atoms with Crippen LogP contribution in [0.1, 0.15) is 22.0 Å². The van der Waals surface area contributed by atoms with Crippen LogP contribution in [0.5, 0.6) is 5.75 Å². The zero-order valence-corrected chi connectivity index (χ0v) is 19.2. The summed E-state index contributed by atoms with van der Waals surface area (Å²) in [5, 5.41) is 5.94. The van der Waals surface area contributed by atoms with Gasteiger partial charge in [-0.25, -0.2) is 4.98 Å². The minimum Gasteiger partial charge on any atom is -0.491 e. The standard InChI is InChI=1S/C26H24N6O2/c1-30-9-8-17(13-30)15-4-6-18-22(14-34-23(18)11-15)31(2)26(33)16-5-7-21-19(10-16)24-20(25(27)29-21)12-28-32(24)3/h4-13,22H,14H2,1-3H3,(H2,27,29)/t22-/m1/s1. The lowest BCUT2D eigenvalue weighted by Gasteiger charge is -2.24. The third kappa shape index (κ3) is 3.02. The molecule has 4 heterocycles. The highest BCUT2D eigenvalue weighted by molar-refractivity contribution is 6.10. The van der Waals surface area contributed by atoms with Crippen molar-refractivity contribution in [3.05, 3.63) is 72.2 Å². The minimum atomic E-state index is -0.163. The van der Waals surface area contributed by atoms with Crippen LogP contribution in [0.3, 0.4) is 0 Å². The number of benzene rings is 2. The Hall–Kier alpha value is -4.33. The van der Waals surface area contributed by atoms with E-state index in [9.17, 15) is 4.79 Å². The van der Waals surface area contributed by atoms with Gasteiger partial charge in [-0.05, 0) is 41.5 Å². The van der Waals surface area contributed by atoms with Crippen molar-refractivity contribution in [2.45, 2.75) is 6.04 Å². The van der Waals surface area contributed by atoms with Crippen molar-refractivity contribution in [2.75, 3.05) is 19.4 Å². The van der Waals surface area contributed by atoms with Gasteiger partial charge in [-0.1, -0.05) is 12.1 Å². The number of likely N-dealkylation sites (N-methyl/N-ethyl adjacent to an activating group) is 1. The fraction of sp³-hybridized carbons (Fsp3) is 0.192. The van der Waals surface area contributed by atoms with Gasteiger partial charge in [0.05, 0.1) is 28.7 Å². The van der Waals surface area contributed by atoms with Gasteiger partial charge in [0.2, 0.25) is 0 Å². The molecule has 0 aliphatic carbocycles. The van der Waals surface area contributed by atoms with E-state index in [-0.39, 0.29) is 11.9 Å². The van der Waals surface area contributed by atoms with Gasteiger partial charge in [0, 0.05) is 50.0 Å². The highest BCUT2D eigenvalue weighted by Gasteiger charge is 2.31. The molecule has 1 amide bonds. The number of aryl methyl sites for hydroxylation is 2. The van der Waals surface area contributed by atoms with Crippen LogP contribution < -0.4 is 10.5 Å². The van der Waals surface area contributed by atoms with Gasteiger partial charge in [-0.2, -0.15) is 5.10 Å². The van der Waals surface area contributed by atoms with Gasteiger partial charge < -0.3 is 19.9 Å². The number of amides is 1. The van der Waals surface area contributed by atoms with E-state index >= 15 is 0 Å². The molecule has 0 fully saturated rings. The average Bonchev–Trinajstić information content (AvgIpc) is 3.56. The molecule has 0 unspecified atom stereocenters. The summed E-state index contributed by atoms with van der Waals surface area (Å²) in [4.78, 5) is 19.7. The van der Waals surface area contributed by atoms with Crippen molar-refractivity contribution >= 4 is 33.5 Å². The van der Waals surface area contributed by atoms with Gasteiger partial charge in [0.15, 0.2) is 0 Å². The Balaban J connectivity index is 1.34. The second-order valence-corrected chi connectivity index (χ2v) is 8.82. The van der Waals surface area contributed by atoms with Crippen molar-refractivity contribution in [1.82, 2.24) is 24.2 Å². The second-order valence-electron chi connectivity index (χ2n) is 8.82. The molecule has 8 heteroatoms. The molecule has 5 aromatic rings. The third-order valence-electron chi connectivity index (χ3n) is 6.68. The number of hydrogen-bond donors (Lipinski definition) is 1. The quantitative estimate of drug-likeness (QED) is 0.448. The SMILES string of the molecule is CN(C(=O)c1ccc2nc(N)c3cnn(C)c3c2c1)[C@@H]1COc2cc(-c3ccn(C)c3)ccc21. The first-order valence-corrected chi connectivity index (χ1v) is 11.1. The summed E-state index contributed by atoms with van der Waals surface area (Å²) < 4.78 is 9.78. The summed E-state index contributed by atoms with van der Waals surface area (Å²) in [5.41, 5.74) is 11.5. The summed E-state index contributed by atoms with van der Waals surface area (Å²) in [6.45, 7) is 0.424. The number of pyridine rings is 1. The van der Waals surface area contributed by atoms with Crippen LogP contribution >= 0.6 is 0 Å². The van der Waals surface area contributed by atoms with E-state index in [1.165, 1.54) is 0 Å². The van der Waals surface area contributed by atoms with E-state index < -0.39 is 0 Å². The first-order valence-electron chi connectivity index (χ1n) is 11.1. The first kappa shape index (κ1) is 20.3. The van der Waals surface area contributed by atoms with E-state index in [4.69, 9.17) is 10.5 Å². The second kappa shape index (κ2) is 7.34. The summed E-state index contributed by atoms with van der Waals surface area (Å²) in [6, 6.07) is 13.6. The molecule has 0 radical (unpaired) electrons. The number of hydrogen-bond acceptors (Lipinski definition) is 5. The zero-order chi connectivity index (χ0) is 23.6. The molecule has 6 rings (SSSR count). The molecule has 0 saturated carbocycles. The van der Waals surface area contributed by atoms with Crippen LogP contribution in [-0.4, -0.2) is 43.8 Å². The summed E-state index contributed by atoms with van der Waals surface area (Å²) in [7, 11) is 5.68. The molecule has 0 spiro atoms. The molecule has 2 aromatic carbocycles. The Morgan fingerprint density at radius 1 is 1.12 bits per heavy atom. The maximum absolute atomic E-state index is 13.5. The number of carbonyl (C=O) groups excluding carboxylic acids is 1. The number of nitrogens with zero attached hydrogens (tertiary/aromatic N) is 5. The van der Waals surface area contributed by atoms with Crippen LogP contribution in [-0.2, 0) is 14.1 Å². The number of rotatable bonds is 3. The number of carbonyl (C=O) groups is 1. The van der Waals surface area contributed by atoms with Crippen molar-refractivity contribution in [2.24, 2.45) is 14.1 Å². The zero-order valence-electron chi connectivity index (χ0n) is 19.2. The molecule has 0 saturated heterocycles. The van der Waals surface area contributed by atoms with E-state index in [0.29, 0.717) is 18.0 Å². The molecule has 1 aliphatic rings. The van der Waals surface area contributed by atoms with Crippen LogP contribution in [0.4, 0.5) is 5.82 Å². The molecule has 1 aliphatic heterocycles. The molecule has 2 N–H and O–H groups in total. The lowest BCUT2D eigenvalue weighted by atomic mass is 10.0. The maximum Gasteiger partial charge on any atom is 0.254 e. The fourth-order valence-corrected chi connectivity index (χ4v) is 4.80. The Morgan fingerprint density at radius 3 is 2.76 bits per heavy atom. The van der Waals surface area contributed by atoms with Crippen molar-refractivity contribution in [3.63, 3.8) is 0 Å². The smallest absolute Gasteiger partial charge is 0.254 e. The van der Waals surface area contributed by atoms with Gasteiger partial charge in [-0.15, -0.1) is 0 Å². The highest BCUT2D eigenvalue weighted by atomic mass is 16.5. The number of nitrogens with two attached hydrogens (primary N) is 1. The lowest BCUT2D eigenvalue weighted by molar-refractivity contribution is 0.0708. The summed E-state index contributed by atoms with van der Waals surface area (Å²) in [5.74, 6) is 1.17. The molecule has 8 nitrogen and oxygen atoms in total. The average molecular weight is 453 g/mol. The monoisotopic (exact) mass is 452 g/mol. The number of ether oxygens (including phenoxy) is 1. The summed E-state index contributed by atoms with van der Waals surface area (Å²) in [6.07, 6.45) is 5.80. The van der Waals surface area contributed by atoms with E-state index in [1.54, 1.807) is 21.8 Å². The van der Waals surface area contributed by atoms with E-state index in [2.05, 4.69) is 34.5 Å². The lowest BCUT2D eigenvalue weighted by Crippen LogP contribution is -2.32. The Kier molecular flexibility index (Phi) is 4.38. The normalized spacial score (nSPS) is 15.0. The Labute approximate surface area is 196 Å².